The summed E-state index contributed by atoms with van der Waals surface area (Å²) in [5, 5.41) is 2.84. The van der Waals surface area contributed by atoms with Gasteiger partial charge in [0.05, 0.1) is 0 Å². The summed E-state index contributed by atoms with van der Waals surface area (Å²) in [5.41, 5.74) is 1.26. The molecule has 140 valence electrons. The lowest BCUT2D eigenvalue weighted by Crippen LogP contribution is -2.42. The largest absolute Gasteiger partial charge is 0.338 e. The summed E-state index contributed by atoms with van der Waals surface area (Å²) < 4.78 is 0. The minimum absolute atomic E-state index is 0.0267. The first-order valence-corrected chi connectivity index (χ1v) is 9.22. The van der Waals surface area contributed by atoms with Crippen LogP contribution in [0.1, 0.15) is 42.6 Å². The van der Waals surface area contributed by atoms with Crippen molar-refractivity contribution in [1.82, 2.24) is 4.90 Å². The molecule has 2 aromatic rings. The van der Waals surface area contributed by atoms with Crippen LogP contribution in [0.4, 0.5) is 5.69 Å². The zero-order valence-corrected chi connectivity index (χ0v) is 15.7. The van der Waals surface area contributed by atoms with Crippen molar-refractivity contribution in [2.24, 2.45) is 5.41 Å². The number of hydrogen-bond donors (Lipinski definition) is 1. The van der Waals surface area contributed by atoms with E-state index in [2.05, 4.69) is 5.32 Å². The Balaban J connectivity index is 1.69. The van der Waals surface area contributed by atoms with Gasteiger partial charge < -0.3 is 10.2 Å². The third-order valence-electron chi connectivity index (χ3n) is 5.03. The summed E-state index contributed by atoms with van der Waals surface area (Å²) in [5.74, 6) is -0.414. The molecule has 0 heterocycles. The highest BCUT2D eigenvalue weighted by Crippen LogP contribution is 2.48. The lowest BCUT2D eigenvalue weighted by Gasteiger charge is -2.26. The van der Waals surface area contributed by atoms with E-state index in [-0.39, 0.29) is 17.6 Å². The van der Waals surface area contributed by atoms with E-state index in [9.17, 15) is 14.4 Å². The van der Waals surface area contributed by atoms with Gasteiger partial charge in [-0.2, -0.15) is 0 Å². The van der Waals surface area contributed by atoms with E-state index in [1.807, 2.05) is 37.3 Å². The Hall–Kier alpha value is -2.95. The number of carbonyl (C=O) groups is 3. The van der Waals surface area contributed by atoms with E-state index >= 15 is 0 Å². The molecule has 5 heteroatoms. The number of anilines is 1. The topological polar surface area (TPSA) is 66.5 Å². The minimum atomic E-state index is -0.968. The lowest BCUT2D eigenvalue weighted by atomic mass is 10.0. The third kappa shape index (κ3) is 4.08. The normalized spacial score (nSPS) is 14.3. The molecule has 5 nitrogen and oxygen atoms in total. The summed E-state index contributed by atoms with van der Waals surface area (Å²) in [4.78, 5) is 39.0. The molecule has 0 unspecified atom stereocenters. The van der Waals surface area contributed by atoms with Crippen LogP contribution in [0.5, 0.6) is 0 Å². The van der Waals surface area contributed by atoms with E-state index in [0.29, 0.717) is 37.2 Å². The maximum atomic E-state index is 13.1. The number of amides is 2. The molecule has 2 aromatic carbocycles. The van der Waals surface area contributed by atoms with Crippen LogP contribution in [0.15, 0.2) is 54.6 Å². The molecule has 1 fully saturated rings. The summed E-state index contributed by atoms with van der Waals surface area (Å²) in [6.07, 6.45) is 1.13. The Morgan fingerprint density at radius 2 is 1.63 bits per heavy atom. The molecule has 2 amide bonds. The maximum Gasteiger partial charge on any atom is 0.240 e. The quantitative estimate of drug-likeness (QED) is 0.602. The molecular weight excluding hydrogens is 340 g/mol. The lowest BCUT2D eigenvalue weighted by molar-refractivity contribution is -0.142. The van der Waals surface area contributed by atoms with Crippen molar-refractivity contribution >= 4 is 23.3 Å². The fourth-order valence-electron chi connectivity index (χ4n) is 3.14. The molecule has 1 aliphatic rings. The first-order valence-electron chi connectivity index (χ1n) is 9.22. The molecular formula is C22H24N2O3. The predicted octanol–water partition coefficient (Wildman–Crippen LogP) is 3.66. The van der Waals surface area contributed by atoms with Crippen molar-refractivity contribution in [2.45, 2.75) is 33.2 Å². The van der Waals surface area contributed by atoms with Gasteiger partial charge in [0.15, 0.2) is 5.78 Å². The Morgan fingerprint density at radius 3 is 2.15 bits per heavy atom. The average Bonchev–Trinajstić information content (AvgIpc) is 3.49. The first kappa shape index (κ1) is 18.8. The van der Waals surface area contributed by atoms with Crippen LogP contribution in [0.3, 0.4) is 0 Å². The molecule has 0 saturated heterocycles. The zero-order valence-electron chi connectivity index (χ0n) is 15.7. The maximum absolute atomic E-state index is 13.1. The number of nitrogens with one attached hydrogen (secondary N) is 1. The van der Waals surface area contributed by atoms with Crippen LogP contribution in [0.2, 0.25) is 0 Å². The van der Waals surface area contributed by atoms with E-state index in [0.717, 1.165) is 5.56 Å². The first-order chi connectivity index (χ1) is 13.0. The fourth-order valence-corrected chi connectivity index (χ4v) is 3.14. The second kappa shape index (κ2) is 7.74. The SMILES string of the molecule is CCN(Cc1ccccc1)C(=O)C1(C(=O)Nc2ccc(C(C)=O)cc2)CC1. The zero-order chi connectivity index (χ0) is 19.4. The van der Waals surface area contributed by atoms with E-state index in [4.69, 9.17) is 0 Å². The van der Waals surface area contributed by atoms with Crippen LogP contribution in [0, 0.1) is 5.41 Å². The van der Waals surface area contributed by atoms with Gasteiger partial charge >= 0.3 is 0 Å². The van der Waals surface area contributed by atoms with Gasteiger partial charge in [-0.1, -0.05) is 30.3 Å². The fraction of sp³-hybridized carbons (Fsp3) is 0.318. The summed E-state index contributed by atoms with van der Waals surface area (Å²) in [6, 6.07) is 16.5. The van der Waals surface area contributed by atoms with Gasteiger partial charge in [0, 0.05) is 24.3 Å². The number of hydrogen-bond acceptors (Lipinski definition) is 3. The van der Waals surface area contributed by atoms with Crippen LogP contribution in [0.25, 0.3) is 0 Å². The van der Waals surface area contributed by atoms with Crippen molar-refractivity contribution in [3.8, 4) is 0 Å². The molecule has 1 N–H and O–H groups in total. The molecule has 0 spiro atoms. The number of Topliss-reactive ketones (excluding diaryl/α,β-unsaturated/α-hetero) is 1. The van der Waals surface area contributed by atoms with Gasteiger partial charge in [0.25, 0.3) is 0 Å². The molecule has 1 saturated carbocycles. The number of carbonyl (C=O) groups excluding carboxylic acids is 3. The van der Waals surface area contributed by atoms with Gasteiger partial charge in [-0.15, -0.1) is 0 Å². The second-order valence-electron chi connectivity index (χ2n) is 6.97. The number of nitrogens with zero attached hydrogens (tertiary/aromatic N) is 1. The van der Waals surface area contributed by atoms with Gasteiger partial charge in [0.2, 0.25) is 11.8 Å². The summed E-state index contributed by atoms with van der Waals surface area (Å²) >= 11 is 0. The standard InChI is InChI=1S/C22H24N2O3/c1-3-24(15-17-7-5-4-6-8-17)21(27)22(13-14-22)20(26)23-19-11-9-18(10-12-19)16(2)25/h4-12H,3,13-15H2,1-2H3,(H,23,26). The van der Waals surface area contributed by atoms with Gasteiger partial charge in [-0.05, 0) is 56.5 Å². The molecule has 0 aromatic heterocycles. The van der Waals surface area contributed by atoms with Crippen LogP contribution >= 0.6 is 0 Å². The summed E-state index contributed by atoms with van der Waals surface area (Å²) in [7, 11) is 0. The summed E-state index contributed by atoms with van der Waals surface area (Å²) in [6.45, 7) is 4.47. The molecule has 27 heavy (non-hydrogen) atoms. The Bertz CT molecular complexity index is 840. The van der Waals surface area contributed by atoms with Gasteiger partial charge in [-0.25, -0.2) is 0 Å². The number of rotatable bonds is 7. The second-order valence-corrected chi connectivity index (χ2v) is 6.97. The number of ketones is 1. The predicted molar refractivity (Wildman–Crippen MR) is 104 cm³/mol. The number of benzene rings is 2. The molecule has 0 atom stereocenters. The average molecular weight is 364 g/mol. The molecule has 1 aliphatic carbocycles. The van der Waals surface area contributed by atoms with Crippen molar-refractivity contribution in [2.75, 3.05) is 11.9 Å². The molecule has 0 aliphatic heterocycles. The molecule has 3 rings (SSSR count). The van der Waals surface area contributed by atoms with Crippen molar-refractivity contribution in [3.63, 3.8) is 0 Å². The minimum Gasteiger partial charge on any atom is -0.338 e. The van der Waals surface area contributed by atoms with Crippen LogP contribution < -0.4 is 5.32 Å². The van der Waals surface area contributed by atoms with Crippen LogP contribution in [-0.2, 0) is 16.1 Å². The Labute approximate surface area is 159 Å². The van der Waals surface area contributed by atoms with Crippen molar-refractivity contribution < 1.29 is 14.4 Å². The Morgan fingerprint density at radius 1 is 1.00 bits per heavy atom. The monoisotopic (exact) mass is 364 g/mol. The van der Waals surface area contributed by atoms with E-state index < -0.39 is 5.41 Å². The van der Waals surface area contributed by atoms with E-state index in [1.165, 1.54) is 6.92 Å². The van der Waals surface area contributed by atoms with E-state index in [1.54, 1.807) is 29.2 Å². The van der Waals surface area contributed by atoms with Crippen molar-refractivity contribution in [3.05, 3.63) is 65.7 Å². The molecule has 0 bridgehead atoms. The smallest absolute Gasteiger partial charge is 0.240 e. The molecule has 0 radical (unpaired) electrons. The van der Waals surface area contributed by atoms with Gasteiger partial charge in [-0.3, -0.25) is 14.4 Å². The van der Waals surface area contributed by atoms with Gasteiger partial charge in [0.1, 0.15) is 5.41 Å². The highest BCUT2D eigenvalue weighted by atomic mass is 16.2. The highest BCUT2D eigenvalue weighted by Gasteiger charge is 2.57. The van der Waals surface area contributed by atoms with Crippen LogP contribution in [-0.4, -0.2) is 29.0 Å². The third-order valence-corrected chi connectivity index (χ3v) is 5.03. The Kier molecular flexibility index (Phi) is 5.40. The van der Waals surface area contributed by atoms with Crippen molar-refractivity contribution in [1.29, 1.82) is 0 Å². The highest BCUT2D eigenvalue weighted by molar-refractivity contribution is 6.13.